The molecule has 0 radical (unpaired) electrons. The summed E-state index contributed by atoms with van der Waals surface area (Å²) in [5.41, 5.74) is 2.68. The Bertz CT molecular complexity index is 937. The van der Waals surface area contributed by atoms with Gasteiger partial charge < -0.3 is 10.1 Å². The Morgan fingerprint density at radius 3 is 2.28 bits per heavy atom. The average Bonchev–Trinajstić information content (AvgIpc) is 2.73. The zero-order valence-corrected chi connectivity index (χ0v) is 17.6. The van der Waals surface area contributed by atoms with Crippen molar-refractivity contribution in [2.24, 2.45) is 0 Å². The second-order valence-corrected chi connectivity index (χ2v) is 9.30. The number of hydrogen-bond acceptors (Lipinski definition) is 5. The third-order valence-electron chi connectivity index (χ3n) is 4.95. The summed E-state index contributed by atoms with van der Waals surface area (Å²) in [5.74, 6) is -0.236. The molecule has 2 aromatic rings. The standard InChI is InChI=1S/C21H27N3O4S/c1-23(2)29(26,27)20-9-7-17(8-10-20)21(25)22-15-18-5-3-4-6-19(18)16-24-11-13-28-14-12-24/h3-10H,11-16H2,1-2H3,(H,22,25). The first kappa shape index (κ1) is 21.4. The fourth-order valence-electron chi connectivity index (χ4n) is 3.15. The molecule has 7 nitrogen and oxygen atoms in total. The van der Waals surface area contributed by atoms with Crippen molar-refractivity contribution in [1.29, 1.82) is 0 Å². The summed E-state index contributed by atoms with van der Waals surface area (Å²) in [4.78, 5) is 15.0. The van der Waals surface area contributed by atoms with Crippen molar-refractivity contribution in [2.45, 2.75) is 18.0 Å². The van der Waals surface area contributed by atoms with E-state index in [9.17, 15) is 13.2 Å². The van der Waals surface area contributed by atoms with Crippen LogP contribution in [0.1, 0.15) is 21.5 Å². The van der Waals surface area contributed by atoms with Gasteiger partial charge in [0.15, 0.2) is 0 Å². The van der Waals surface area contributed by atoms with E-state index in [-0.39, 0.29) is 10.8 Å². The van der Waals surface area contributed by atoms with Crippen molar-refractivity contribution in [1.82, 2.24) is 14.5 Å². The van der Waals surface area contributed by atoms with Crippen molar-refractivity contribution >= 4 is 15.9 Å². The number of ether oxygens (including phenoxy) is 1. The van der Waals surface area contributed by atoms with Crippen LogP contribution in [0, 0.1) is 0 Å². The predicted molar refractivity (Wildman–Crippen MR) is 111 cm³/mol. The molecule has 0 bridgehead atoms. The van der Waals surface area contributed by atoms with Crippen LogP contribution in [-0.2, 0) is 27.8 Å². The number of amides is 1. The molecule has 1 aliphatic heterocycles. The van der Waals surface area contributed by atoms with Gasteiger partial charge in [0.25, 0.3) is 5.91 Å². The number of nitrogens with one attached hydrogen (secondary N) is 1. The molecule has 29 heavy (non-hydrogen) atoms. The molecule has 0 unspecified atom stereocenters. The van der Waals surface area contributed by atoms with E-state index in [2.05, 4.69) is 16.3 Å². The van der Waals surface area contributed by atoms with Gasteiger partial charge in [-0.1, -0.05) is 24.3 Å². The third kappa shape index (κ3) is 5.42. The highest BCUT2D eigenvalue weighted by Gasteiger charge is 2.18. The maximum Gasteiger partial charge on any atom is 0.251 e. The molecule has 0 spiro atoms. The van der Waals surface area contributed by atoms with Crippen LogP contribution in [0.5, 0.6) is 0 Å². The first-order chi connectivity index (χ1) is 13.9. The minimum atomic E-state index is -3.51. The lowest BCUT2D eigenvalue weighted by Crippen LogP contribution is -2.36. The van der Waals surface area contributed by atoms with Crippen molar-refractivity contribution in [3.63, 3.8) is 0 Å². The molecule has 1 amide bonds. The van der Waals surface area contributed by atoms with Crippen LogP contribution in [0.15, 0.2) is 53.4 Å². The van der Waals surface area contributed by atoms with Crippen LogP contribution in [0.2, 0.25) is 0 Å². The maximum atomic E-state index is 12.5. The van der Waals surface area contributed by atoms with Gasteiger partial charge in [0, 0.05) is 45.8 Å². The van der Waals surface area contributed by atoms with Crippen molar-refractivity contribution in [3.8, 4) is 0 Å². The third-order valence-corrected chi connectivity index (χ3v) is 6.78. The Labute approximate surface area is 172 Å². The van der Waals surface area contributed by atoms with Gasteiger partial charge >= 0.3 is 0 Å². The first-order valence-corrected chi connectivity index (χ1v) is 11.0. The molecule has 8 heteroatoms. The number of sulfonamides is 1. The molecule has 0 atom stereocenters. The normalized spacial score (nSPS) is 15.4. The highest BCUT2D eigenvalue weighted by Crippen LogP contribution is 2.15. The van der Waals surface area contributed by atoms with Gasteiger partial charge in [-0.3, -0.25) is 9.69 Å². The Hall–Kier alpha value is -2.26. The lowest BCUT2D eigenvalue weighted by atomic mass is 10.1. The van der Waals surface area contributed by atoms with Crippen LogP contribution >= 0.6 is 0 Å². The number of hydrogen-bond donors (Lipinski definition) is 1. The molecule has 1 heterocycles. The Morgan fingerprint density at radius 1 is 1.03 bits per heavy atom. The summed E-state index contributed by atoms with van der Waals surface area (Å²) >= 11 is 0. The van der Waals surface area contributed by atoms with Crippen molar-refractivity contribution in [3.05, 3.63) is 65.2 Å². The second kappa shape index (κ2) is 9.49. The topological polar surface area (TPSA) is 79.0 Å². The zero-order valence-electron chi connectivity index (χ0n) is 16.8. The van der Waals surface area contributed by atoms with Gasteiger partial charge in [0.2, 0.25) is 10.0 Å². The summed E-state index contributed by atoms with van der Waals surface area (Å²) in [6.45, 7) is 4.55. The van der Waals surface area contributed by atoms with Crippen LogP contribution in [0.4, 0.5) is 0 Å². The first-order valence-electron chi connectivity index (χ1n) is 9.55. The Balaban J connectivity index is 1.63. The summed E-state index contributed by atoms with van der Waals surface area (Å²) in [5, 5.41) is 2.93. The minimum Gasteiger partial charge on any atom is -0.379 e. The van der Waals surface area contributed by atoms with Gasteiger partial charge in [-0.2, -0.15) is 0 Å². The van der Waals surface area contributed by atoms with Gasteiger partial charge in [0.1, 0.15) is 0 Å². The summed E-state index contributed by atoms with van der Waals surface area (Å²) in [6.07, 6.45) is 0. The smallest absolute Gasteiger partial charge is 0.251 e. The van der Waals surface area contributed by atoms with E-state index in [4.69, 9.17) is 4.74 Å². The molecule has 0 aliphatic carbocycles. The highest BCUT2D eigenvalue weighted by atomic mass is 32.2. The van der Waals surface area contributed by atoms with Gasteiger partial charge in [-0.05, 0) is 35.4 Å². The Kier molecular flexibility index (Phi) is 7.02. The largest absolute Gasteiger partial charge is 0.379 e. The van der Waals surface area contributed by atoms with Crippen LogP contribution in [-0.4, -0.2) is 63.9 Å². The monoisotopic (exact) mass is 417 g/mol. The lowest BCUT2D eigenvalue weighted by Gasteiger charge is -2.27. The fourth-order valence-corrected chi connectivity index (χ4v) is 4.05. The second-order valence-electron chi connectivity index (χ2n) is 7.15. The van der Waals surface area contributed by atoms with Crippen LogP contribution in [0.25, 0.3) is 0 Å². The van der Waals surface area contributed by atoms with E-state index in [0.29, 0.717) is 12.1 Å². The number of rotatable bonds is 7. The molecule has 0 aromatic heterocycles. The van der Waals surface area contributed by atoms with Gasteiger partial charge in [-0.25, -0.2) is 12.7 Å². The van der Waals surface area contributed by atoms with Gasteiger partial charge in [0.05, 0.1) is 18.1 Å². The maximum absolute atomic E-state index is 12.5. The molecule has 1 saturated heterocycles. The summed E-state index contributed by atoms with van der Waals surface area (Å²) in [6, 6.07) is 14.0. The van der Waals surface area contributed by atoms with Gasteiger partial charge in [-0.15, -0.1) is 0 Å². The molecule has 1 N–H and O–H groups in total. The van der Waals surface area contributed by atoms with E-state index in [1.807, 2.05) is 18.2 Å². The summed E-state index contributed by atoms with van der Waals surface area (Å²) < 4.78 is 30.8. The lowest BCUT2D eigenvalue weighted by molar-refractivity contribution is 0.0340. The highest BCUT2D eigenvalue weighted by molar-refractivity contribution is 7.89. The van der Waals surface area contributed by atoms with E-state index in [1.54, 1.807) is 0 Å². The average molecular weight is 418 g/mol. The number of nitrogens with zero attached hydrogens (tertiary/aromatic N) is 2. The van der Waals surface area contributed by atoms with Crippen molar-refractivity contribution in [2.75, 3.05) is 40.4 Å². The number of benzene rings is 2. The molecule has 2 aromatic carbocycles. The van der Waals surface area contributed by atoms with Crippen LogP contribution < -0.4 is 5.32 Å². The fraction of sp³-hybridized carbons (Fsp3) is 0.381. The molecule has 1 fully saturated rings. The minimum absolute atomic E-state index is 0.162. The molecular weight excluding hydrogens is 390 g/mol. The van der Waals surface area contributed by atoms with Crippen molar-refractivity contribution < 1.29 is 17.9 Å². The number of carbonyl (C=O) groups is 1. The van der Waals surface area contributed by atoms with E-state index in [1.165, 1.54) is 43.9 Å². The van der Waals surface area contributed by atoms with E-state index in [0.717, 1.165) is 42.7 Å². The number of morpholine rings is 1. The van der Waals surface area contributed by atoms with E-state index < -0.39 is 10.0 Å². The van der Waals surface area contributed by atoms with Crippen LogP contribution in [0.3, 0.4) is 0 Å². The molecular formula is C21H27N3O4S. The quantitative estimate of drug-likeness (QED) is 0.742. The zero-order chi connectivity index (χ0) is 20.9. The molecule has 0 saturated carbocycles. The molecule has 156 valence electrons. The molecule has 3 rings (SSSR count). The summed E-state index contributed by atoms with van der Waals surface area (Å²) in [7, 11) is -0.553. The van der Waals surface area contributed by atoms with E-state index >= 15 is 0 Å². The predicted octanol–water partition coefficient (Wildman–Crippen LogP) is 1.70. The SMILES string of the molecule is CN(C)S(=O)(=O)c1ccc(C(=O)NCc2ccccc2CN2CCOCC2)cc1. The Morgan fingerprint density at radius 2 is 1.66 bits per heavy atom. The number of carbonyl (C=O) groups excluding carboxylic acids is 1. The molecule has 1 aliphatic rings.